The first-order chi connectivity index (χ1) is 7.65. The molecule has 1 aromatic heterocycles. The number of benzene rings is 1. The van der Waals surface area contributed by atoms with E-state index in [9.17, 15) is 4.39 Å². The Kier molecular flexibility index (Phi) is 3.01. The van der Waals surface area contributed by atoms with E-state index in [1.165, 1.54) is 24.5 Å². The number of aromatic nitrogens is 2. The van der Waals surface area contributed by atoms with Gasteiger partial charge < -0.3 is 5.73 Å². The largest absolute Gasteiger partial charge is 0.396 e. The van der Waals surface area contributed by atoms with Gasteiger partial charge in [-0.3, -0.25) is 0 Å². The number of nitrogens with zero attached hydrogens (tertiary/aromatic N) is 2. The summed E-state index contributed by atoms with van der Waals surface area (Å²) in [5.74, 6) is 0.245. The van der Waals surface area contributed by atoms with Gasteiger partial charge in [0.25, 0.3) is 0 Å². The van der Waals surface area contributed by atoms with Gasteiger partial charge in [0.05, 0.1) is 18.1 Å². The second-order valence-electron chi connectivity index (χ2n) is 3.35. The van der Waals surface area contributed by atoms with Crippen molar-refractivity contribution in [3.8, 4) is 0 Å². The van der Waals surface area contributed by atoms with Crippen molar-refractivity contribution < 1.29 is 4.39 Å². The van der Waals surface area contributed by atoms with E-state index in [0.29, 0.717) is 23.0 Å². The van der Waals surface area contributed by atoms with Gasteiger partial charge in [0, 0.05) is 11.4 Å². The second kappa shape index (κ2) is 4.45. The average Bonchev–Trinajstić information content (AvgIpc) is 2.25. The highest BCUT2D eigenvalue weighted by Gasteiger charge is 2.04. The van der Waals surface area contributed by atoms with E-state index in [0.717, 1.165) is 5.56 Å². The summed E-state index contributed by atoms with van der Waals surface area (Å²) in [6.45, 7) is 0. The molecule has 0 bridgehead atoms. The second-order valence-corrected chi connectivity index (χ2v) is 3.75. The van der Waals surface area contributed by atoms with Crippen molar-refractivity contribution >= 4 is 17.3 Å². The maximum Gasteiger partial charge on any atom is 0.132 e. The number of nitrogens with two attached hydrogens (primary N) is 1. The van der Waals surface area contributed by atoms with Gasteiger partial charge in [0.2, 0.25) is 0 Å². The Morgan fingerprint density at radius 3 is 2.56 bits per heavy atom. The summed E-state index contributed by atoms with van der Waals surface area (Å²) >= 11 is 5.89. The topological polar surface area (TPSA) is 51.8 Å². The Bertz CT molecular complexity index is 499. The van der Waals surface area contributed by atoms with Crippen LogP contribution in [-0.4, -0.2) is 9.97 Å². The number of hydrogen-bond donors (Lipinski definition) is 1. The number of anilines is 1. The predicted octanol–water partition coefficient (Wildman–Crippen LogP) is 2.44. The highest BCUT2D eigenvalue weighted by atomic mass is 35.5. The zero-order valence-corrected chi connectivity index (χ0v) is 9.08. The van der Waals surface area contributed by atoms with Crippen LogP contribution >= 0.6 is 11.6 Å². The van der Waals surface area contributed by atoms with Crippen LogP contribution in [0.3, 0.4) is 0 Å². The van der Waals surface area contributed by atoms with Crippen LogP contribution in [0, 0.1) is 5.82 Å². The van der Waals surface area contributed by atoms with Crippen molar-refractivity contribution in [1.29, 1.82) is 0 Å². The van der Waals surface area contributed by atoms with Gasteiger partial charge in [-0.1, -0.05) is 17.7 Å². The van der Waals surface area contributed by atoms with Crippen molar-refractivity contribution in [2.45, 2.75) is 6.42 Å². The molecule has 0 unspecified atom stereocenters. The van der Waals surface area contributed by atoms with Crippen molar-refractivity contribution in [2.75, 3.05) is 5.73 Å². The molecule has 0 fully saturated rings. The fourth-order valence-corrected chi connectivity index (χ4v) is 1.53. The van der Waals surface area contributed by atoms with Crippen molar-refractivity contribution in [3.05, 3.63) is 52.8 Å². The minimum Gasteiger partial charge on any atom is -0.396 e. The molecular weight excluding hydrogens is 229 g/mol. The lowest BCUT2D eigenvalue weighted by Crippen LogP contribution is -1.98. The van der Waals surface area contributed by atoms with Crippen LogP contribution in [0.15, 0.2) is 30.6 Å². The molecule has 0 saturated carbocycles. The van der Waals surface area contributed by atoms with Gasteiger partial charge in [-0.25, -0.2) is 14.4 Å². The summed E-state index contributed by atoms with van der Waals surface area (Å²) in [5, 5.41) is 0.375. The van der Waals surface area contributed by atoms with E-state index < -0.39 is 0 Å². The minimum atomic E-state index is -0.355. The minimum absolute atomic E-state index is 0.355. The lowest BCUT2D eigenvalue weighted by Gasteiger charge is -2.03. The van der Waals surface area contributed by atoms with Crippen LogP contribution in [0.25, 0.3) is 0 Å². The SMILES string of the molecule is Nc1cnc(Cc2ccc(F)cc2Cl)nc1. The maximum absolute atomic E-state index is 12.8. The standard InChI is InChI=1S/C11H9ClFN3/c12-10-4-8(13)2-1-7(10)3-11-15-5-9(14)6-16-11/h1-2,4-6H,3,14H2. The monoisotopic (exact) mass is 237 g/mol. The van der Waals surface area contributed by atoms with Gasteiger partial charge in [-0.15, -0.1) is 0 Å². The average molecular weight is 238 g/mol. The third-order valence-corrected chi connectivity index (χ3v) is 2.44. The molecule has 0 radical (unpaired) electrons. The van der Waals surface area contributed by atoms with Crippen LogP contribution in [0.4, 0.5) is 10.1 Å². The van der Waals surface area contributed by atoms with Crippen LogP contribution in [0.1, 0.15) is 11.4 Å². The van der Waals surface area contributed by atoms with Crippen LogP contribution in [-0.2, 0) is 6.42 Å². The molecule has 2 rings (SSSR count). The highest BCUT2D eigenvalue weighted by Crippen LogP contribution is 2.19. The van der Waals surface area contributed by atoms with Crippen molar-refractivity contribution in [3.63, 3.8) is 0 Å². The van der Waals surface area contributed by atoms with E-state index in [1.807, 2.05) is 0 Å². The molecule has 1 heterocycles. The molecule has 0 atom stereocenters. The Balaban J connectivity index is 2.23. The molecule has 2 aromatic rings. The highest BCUT2D eigenvalue weighted by molar-refractivity contribution is 6.31. The Labute approximate surface area is 97.1 Å². The fourth-order valence-electron chi connectivity index (χ4n) is 1.29. The number of halogens is 2. The number of hydrogen-bond acceptors (Lipinski definition) is 3. The van der Waals surface area contributed by atoms with Crippen molar-refractivity contribution in [1.82, 2.24) is 9.97 Å². The van der Waals surface area contributed by atoms with Crippen molar-refractivity contribution in [2.24, 2.45) is 0 Å². The lowest BCUT2D eigenvalue weighted by molar-refractivity contribution is 0.627. The first kappa shape index (κ1) is 10.8. The fraction of sp³-hybridized carbons (Fsp3) is 0.0909. The number of rotatable bonds is 2. The number of nitrogen functional groups attached to an aromatic ring is 1. The summed E-state index contributed by atoms with van der Waals surface area (Å²) < 4.78 is 12.8. The molecule has 82 valence electrons. The summed E-state index contributed by atoms with van der Waals surface area (Å²) in [7, 11) is 0. The van der Waals surface area contributed by atoms with E-state index in [1.54, 1.807) is 6.07 Å². The molecule has 0 aliphatic heterocycles. The first-order valence-electron chi connectivity index (χ1n) is 4.65. The smallest absolute Gasteiger partial charge is 0.132 e. The van der Waals surface area contributed by atoms with E-state index in [2.05, 4.69) is 9.97 Å². The van der Waals surface area contributed by atoms with Gasteiger partial charge in [0.15, 0.2) is 0 Å². The van der Waals surface area contributed by atoms with E-state index in [4.69, 9.17) is 17.3 Å². The molecular formula is C11H9ClFN3. The molecule has 0 amide bonds. The summed E-state index contributed by atoms with van der Waals surface area (Å²) in [6, 6.07) is 4.25. The Hall–Kier alpha value is -1.68. The van der Waals surface area contributed by atoms with E-state index >= 15 is 0 Å². The first-order valence-corrected chi connectivity index (χ1v) is 5.03. The molecule has 0 aliphatic rings. The van der Waals surface area contributed by atoms with Gasteiger partial charge in [-0.2, -0.15) is 0 Å². The molecule has 16 heavy (non-hydrogen) atoms. The summed E-state index contributed by atoms with van der Waals surface area (Å²) in [4.78, 5) is 8.10. The molecule has 1 aromatic carbocycles. The third-order valence-electron chi connectivity index (χ3n) is 2.09. The molecule has 0 spiro atoms. The van der Waals surface area contributed by atoms with Crippen LogP contribution in [0.5, 0.6) is 0 Å². The lowest BCUT2D eigenvalue weighted by atomic mass is 10.1. The maximum atomic E-state index is 12.8. The zero-order valence-electron chi connectivity index (χ0n) is 8.32. The predicted molar refractivity (Wildman–Crippen MR) is 60.7 cm³/mol. The quantitative estimate of drug-likeness (QED) is 0.873. The molecule has 2 N–H and O–H groups in total. The van der Waals surface area contributed by atoms with Gasteiger partial charge >= 0.3 is 0 Å². The van der Waals surface area contributed by atoms with Gasteiger partial charge in [0.1, 0.15) is 11.6 Å². The van der Waals surface area contributed by atoms with Crippen LogP contribution < -0.4 is 5.73 Å². The van der Waals surface area contributed by atoms with E-state index in [-0.39, 0.29) is 5.82 Å². The van der Waals surface area contributed by atoms with Crippen LogP contribution in [0.2, 0.25) is 5.02 Å². The Morgan fingerprint density at radius 2 is 1.94 bits per heavy atom. The van der Waals surface area contributed by atoms with Gasteiger partial charge in [-0.05, 0) is 17.7 Å². The summed E-state index contributed by atoms with van der Waals surface area (Å²) in [5.41, 5.74) is 6.76. The third kappa shape index (κ3) is 2.46. The Morgan fingerprint density at radius 1 is 1.25 bits per heavy atom. The molecule has 3 nitrogen and oxygen atoms in total. The normalized spacial score (nSPS) is 10.4. The molecule has 5 heteroatoms. The summed E-state index contributed by atoms with van der Waals surface area (Å²) in [6.07, 6.45) is 3.51. The molecule has 0 aliphatic carbocycles. The molecule has 0 saturated heterocycles. The zero-order chi connectivity index (χ0) is 11.5.